The molecule has 0 N–H and O–H groups in total. The number of para-hydroxylation sites is 2. The summed E-state index contributed by atoms with van der Waals surface area (Å²) < 4.78 is 15.6. The first-order chi connectivity index (χ1) is 25.7. The number of nitrogens with zero attached hydrogens (tertiary/aromatic N) is 3. The quantitative estimate of drug-likeness (QED) is 0.179. The van der Waals surface area contributed by atoms with Crippen molar-refractivity contribution in [3.05, 3.63) is 170 Å². The molecule has 4 nitrogen and oxygen atoms in total. The van der Waals surface area contributed by atoms with Crippen molar-refractivity contribution < 1.29 is 5.79 Å². The number of hydrogen-bond acceptors (Lipinski definition) is 4. The van der Waals surface area contributed by atoms with Gasteiger partial charge >= 0.3 is 6.85 Å². The van der Waals surface area contributed by atoms with Crippen LogP contribution in [0.2, 0.25) is 0 Å². The summed E-state index contributed by atoms with van der Waals surface area (Å²) in [6.45, 7) is -0.289. The number of rotatable bonds is 3. The zero-order chi connectivity index (χ0) is 34.3. The first-order valence-corrected chi connectivity index (χ1v) is 17.3. The fourth-order valence-electron chi connectivity index (χ4n) is 8.29. The summed E-state index contributed by atoms with van der Waals surface area (Å²) in [6, 6.07) is 57.2. The van der Waals surface area contributed by atoms with Crippen LogP contribution in [-0.2, 0) is 0 Å². The second-order valence-corrected chi connectivity index (χ2v) is 13.2. The zero-order valence-corrected chi connectivity index (χ0v) is 27.4. The summed E-state index contributed by atoms with van der Waals surface area (Å²) in [7, 11) is 0. The van der Waals surface area contributed by atoms with E-state index < -0.39 is 0 Å². The molecule has 1 aliphatic rings. The van der Waals surface area contributed by atoms with Gasteiger partial charge in [0, 0.05) is 27.3 Å². The van der Waals surface area contributed by atoms with Crippen LogP contribution in [0.15, 0.2) is 174 Å². The van der Waals surface area contributed by atoms with Crippen LogP contribution < -0.4 is 15.7 Å². The number of benzene rings is 8. The van der Waals surface area contributed by atoms with Gasteiger partial charge in [0.25, 0.3) is 0 Å². The zero-order valence-electron chi connectivity index (χ0n) is 28.4. The highest BCUT2D eigenvalue weighted by atomic mass is 16.3. The van der Waals surface area contributed by atoms with Crippen LogP contribution in [0.25, 0.3) is 76.8 Å². The van der Waals surface area contributed by atoms with Crippen molar-refractivity contribution in [2.75, 3.05) is 4.81 Å². The summed E-state index contributed by atoms with van der Waals surface area (Å²) in [5, 5.41) is 7.46. The van der Waals surface area contributed by atoms with Crippen molar-refractivity contribution in [3.63, 3.8) is 0 Å². The third-order valence-corrected chi connectivity index (χ3v) is 10.4. The average molecular weight is 651 g/mol. The Bertz CT molecular complexity index is 3050. The first kappa shape index (κ1) is 27.1. The van der Waals surface area contributed by atoms with Crippen LogP contribution in [0.1, 0.15) is 1.37 Å². The van der Waals surface area contributed by atoms with Gasteiger partial charge in [0.2, 0.25) is 5.95 Å². The lowest BCUT2D eigenvalue weighted by molar-refractivity contribution is 0.669. The highest BCUT2D eigenvalue weighted by molar-refractivity contribution is 6.91. The second kappa shape index (κ2) is 10.9. The minimum atomic E-state index is -0.289. The smallest absolute Gasteiger partial charge is 0.332 e. The van der Waals surface area contributed by atoms with Gasteiger partial charge in [0.15, 0.2) is 5.58 Å². The molecule has 236 valence electrons. The Kier molecular flexibility index (Phi) is 5.80. The molecule has 0 fully saturated rings. The van der Waals surface area contributed by atoms with Gasteiger partial charge in [0.05, 0.1) is 18.3 Å². The molecule has 10 aromatic rings. The predicted octanol–water partition coefficient (Wildman–Crippen LogP) is 10.4. The molecule has 1 aliphatic heterocycles. The topological polar surface area (TPSA) is 42.2 Å². The molecule has 0 bridgehead atoms. The predicted molar refractivity (Wildman–Crippen MR) is 213 cm³/mol. The molecule has 0 unspecified atom stereocenters. The van der Waals surface area contributed by atoms with E-state index in [9.17, 15) is 0 Å². The van der Waals surface area contributed by atoms with Gasteiger partial charge in [-0.1, -0.05) is 163 Å². The lowest BCUT2D eigenvalue weighted by Gasteiger charge is -2.38. The molecule has 0 atom stereocenters. The molecule has 8 aromatic carbocycles. The van der Waals surface area contributed by atoms with Gasteiger partial charge in [0.1, 0.15) is 5.58 Å². The van der Waals surface area contributed by atoms with E-state index in [1.165, 1.54) is 21.8 Å². The van der Waals surface area contributed by atoms with Crippen LogP contribution in [0.4, 0.5) is 11.6 Å². The lowest BCUT2D eigenvalue weighted by Crippen LogP contribution is -2.58. The first-order valence-electron chi connectivity index (χ1n) is 17.8. The van der Waals surface area contributed by atoms with Crippen LogP contribution in [0.3, 0.4) is 0 Å². The molecule has 2 aromatic heterocycles. The number of aromatic nitrogens is 2. The van der Waals surface area contributed by atoms with E-state index >= 15 is 0 Å². The SMILES string of the molecule is [2H]c1ccc2oc3c4c(c5ccccc5c3c2c1)-c1c(ccc2ccccc12)B(c1ccccc1)N4c1nc(-c2ccccc2)c2ccccc2n1. The minimum absolute atomic E-state index is 0.289. The van der Waals surface area contributed by atoms with Gasteiger partial charge in [-0.25, -0.2) is 9.97 Å². The Morgan fingerprint density at radius 3 is 2.10 bits per heavy atom. The molecule has 5 heteroatoms. The maximum atomic E-state index is 8.60. The molecule has 11 rings (SSSR count). The minimum Gasteiger partial charge on any atom is -0.454 e. The molecule has 51 heavy (non-hydrogen) atoms. The highest BCUT2D eigenvalue weighted by Crippen LogP contribution is 2.52. The Morgan fingerprint density at radius 1 is 0.549 bits per heavy atom. The number of anilines is 2. The number of furan rings is 1. The van der Waals surface area contributed by atoms with Crippen LogP contribution >= 0.6 is 0 Å². The van der Waals surface area contributed by atoms with E-state index in [4.69, 9.17) is 15.8 Å². The standard InChI is InChI=1S/C46H28BN3O/c1-3-16-30(17-4-1)43-35-23-11-13-25-38(35)48-46(49-43)50-44-42(34-22-10-9-21-33(34)40-36-24-12-14-26-39(36)51-45(40)44)41-32-20-8-7-15-29(32)27-28-37(41)47(50)31-18-5-2-6-19-31/h1-28H/i12D. The number of fused-ring (bicyclic) bond motifs is 13. The monoisotopic (exact) mass is 650 g/mol. The normalized spacial score (nSPS) is 12.9. The summed E-state index contributed by atoms with van der Waals surface area (Å²) in [4.78, 5) is 13.2. The summed E-state index contributed by atoms with van der Waals surface area (Å²) in [6.07, 6.45) is 0. The third-order valence-electron chi connectivity index (χ3n) is 10.4. The van der Waals surface area contributed by atoms with Crippen molar-refractivity contribution in [1.29, 1.82) is 0 Å². The number of hydrogen-bond donors (Lipinski definition) is 0. The average Bonchev–Trinajstić information content (AvgIpc) is 3.59. The van der Waals surface area contributed by atoms with Crippen molar-refractivity contribution in [1.82, 2.24) is 9.97 Å². The van der Waals surface area contributed by atoms with E-state index in [0.717, 1.165) is 71.6 Å². The van der Waals surface area contributed by atoms with Crippen molar-refractivity contribution >= 4 is 83.8 Å². The van der Waals surface area contributed by atoms with E-state index in [-0.39, 0.29) is 6.85 Å². The van der Waals surface area contributed by atoms with E-state index in [1.54, 1.807) is 6.07 Å². The molecular weight excluding hydrogens is 621 g/mol. The van der Waals surface area contributed by atoms with E-state index in [1.807, 2.05) is 30.3 Å². The van der Waals surface area contributed by atoms with Crippen LogP contribution in [0, 0.1) is 0 Å². The fraction of sp³-hybridized carbons (Fsp3) is 0. The maximum Gasteiger partial charge on any atom is 0.332 e. The molecule has 0 radical (unpaired) electrons. The van der Waals surface area contributed by atoms with Gasteiger partial charge < -0.3 is 9.23 Å². The van der Waals surface area contributed by atoms with E-state index in [2.05, 4.69) is 132 Å². The van der Waals surface area contributed by atoms with Crippen LogP contribution in [0.5, 0.6) is 0 Å². The highest BCUT2D eigenvalue weighted by Gasteiger charge is 2.42. The largest absolute Gasteiger partial charge is 0.454 e. The summed E-state index contributed by atoms with van der Waals surface area (Å²) in [5.74, 6) is 0.588. The van der Waals surface area contributed by atoms with Crippen LogP contribution in [-0.4, -0.2) is 16.8 Å². The molecule has 3 heterocycles. The van der Waals surface area contributed by atoms with Crippen molar-refractivity contribution in [3.8, 4) is 22.4 Å². The Balaban J connectivity index is 1.38. The molecule has 0 saturated carbocycles. The summed E-state index contributed by atoms with van der Waals surface area (Å²) >= 11 is 0. The van der Waals surface area contributed by atoms with Crippen molar-refractivity contribution in [2.45, 2.75) is 0 Å². The lowest BCUT2D eigenvalue weighted by atomic mass is 9.45. The molecular formula is C46H28BN3O. The van der Waals surface area contributed by atoms with Gasteiger partial charge in [-0.05, 0) is 44.7 Å². The Morgan fingerprint density at radius 2 is 1.25 bits per heavy atom. The van der Waals surface area contributed by atoms with Crippen molar-refractivity contribution in [2.24, 2.45) is 0 Å². The Labute approximate surface area is 295 Å². The maximum absolute atomic E-state index is 8.60. The molecule has 0 amide bonds. The van der Waals surface area contributed by atoms with Gasteiger partial charge in [-0.2, -0.15) is 0 Å². The van der Waals surface area contributed by atoms with Gasteiger partial charge in [-0.3, -0.25) is 0 Å². The van der Waals surface area contributed by atoms with Gasteiger partial charge in [-0.15, -0.1) is 0 Å². The fourth-order valence-corrected chi connectivity index (χ4v) is 8.29. The third kappa shape index (κ3) is 4.09. The molecule has 0 saturated heterocycles. The Hall–Kier alpha value is -6.72. The second-order valence-electron chi connectivity index (χ2n) is 13.2. The molecule has 0 spiro atoms. The van der Waals surface area contributed by atoms with E-state index in [0.29, 0.717) is 12.0 Å². The summed E-state index contributed by atoms with van der Waals surface area (Å²) in [5.41, 5.74) is 9.75. The molecule has 0 aliphatic carbocycles.